The molecule has 3 saturated carbocycles. The Morgan fingerprint density at radius 3 is 2.72 bits per heavy atom. The van der Waals surface area contributed by atoms with E-state index in [2.05, 4.69) is 20.8 Å². The highest BCUT2D eigenvalue weighted by Gasteiger charge is 2.63. The Kier molecular flexibility index (Phi) is 3.71. The van der Waals surface area contributed by atoms with Crippen LogP contribution < -0.4 is 0 Å². The summed E-state index contributed by atoms with van der Waals surface area (Å²) in [6.45, 7) is 8.39. The minimum Gasteiger partial charge on any atom is -0.393 e. The zero-order valence-electron chi connectivity index (χ0n) is 15.8. The maximum absolute atomic E-state index is 12.4. The largest absolute Gasteiger partial charge is 0.393 e. The third kappa shape index (κ3) is 2.21. The van der Waals surface area contributed by atoms with Crippen LogP contribution in [0.1, 0.15) is 53.4 Å². The van der Waals surface area contributed by atoms with Gasteiger partial charge in [0.1, 0.15) is 5.78 Å². The Balaban J connectivity index is 1.76. The Labute approximate surface area is 150 Å². The van der Waals surface area contributed by atoms with E-state index in [4.69, 9.17) is 0 Å². The number of Topliss-reactive ketones (excluding diaryl/α,β-unsaturated/α-hetero) is 1. The van der Waals surface area contributed by atoms with Crippen LogP contribution in [0.15, 0.2) is 23.8 Å². The van der Waals surface area contributed by atoms with Gasteiger partial charge in [-0.1, -0.05) is 32.4 Å². The van der Waals surface area contributed by atoms with Gasteiger partial charge in [-0.25, -0.2) is 0 Å². The molecule has 0 heterocycles. The molecule has 0 radical (unpaired) electrons. The van der Waals surface area contributed by atoms with E-state index in [0.717, 1.165) is 19.3 Å². The van der Waals surface area contributed by atoms with Crippen molar-refractivity contribution < 1.29 is 14.7 Å². The molecule has 1 N–H and O–H groups in total. The van der Waals surface area contributed by atoms with Crippen molar-refractivity contribution in [2.75, 3.05) is 0 Å². The minimum atomic E-state index is -0.412. The monoisotopic (exact) mass is 342 g/mol. The molecule has 136 valence electrons. The number of carbonyl (C=O) groups excluding carboxylic acids is 2. The fraction of sp³-hybridized carbons (Fsp3) is 0.727. The topological polar surface area (TPSA) is 54.4 Å². The van der Waals surface area contributed by atoms with Crippen LogP contribution in [0, 0.1) is 40.4 Å². The number of hydrogen-bond donors (Lipinski definition) is 1. The summed E-state index contributed by atoms with van der Waals surface area (Å²) < 4.78 is 0. The van der Waals surface area contributed by atoms with Gasteiger partial charge in [0.15, 0.2) is 5.78 Å². The lowest BCUT2D eigenvalue weighted by Crippen LogP contribution is -2.56. The molecule has 0 spiro atoms. The smallest absolute Gasteiger partial charge is 0.178 e. The first kappa shape index (κ1) is 17.2. The lowest BCUT2D eigenvalue weighted by molar-refractivity contribution is -0.138. The SMILES string of the molecule is CC(=O)[C@H]1C(C)C[C@H]2[C@@H]3CCC4=CC(=O)C=C[C@]4(C)[C@H]3C(O)C[C@]12C. The maximum Gasteiger partial charge on any atom is 0.178 e. The number of carbonyl (C=O) groups is 2. The van der Waals surface area contributed by atoms with E-state index in [1.165, 1.54) is 5.57 Å². The Bertz CT molecular complexity index is 689. The number of hydrogen-bond acceptors (Lipinski definition) is 3. The molecule has 0 aliphatic heterocycles. The fourth-order valence-corrected chi connectivity index (χ4v) is 7.56. The van der Waals surface area contributed by atoms with E-state index in [0.29, 0.717) is 24.2 Å². The molecule has 4 aliphatic rings. The van der Waals surface area contributed by atoms with Crippen LogP contribution in [0.25, 0.3) is 0 Å². The van der Waals surface area contributed by atoms with Crippen molar-refractivity contribution >= 4 is 11.6 Å². The van der Waals surface area contributed by atoms with Crippen molar-refractivity contribution in [2.45, 2.75) is 59.5 Å². The van der Waals surface area contributed by atoms with Gasteiger partial charge in [0.25, 0.3) is 0 Å². The second-order valence-corrected chi connectivity index (χ2v) is 9.60. The molecule has 0 aromatic rings. The maximum atomic E-state index is 12.4. The second kappa shape index (κ2) is 5.39. The van der Waals surface area contributed by atoms with Crippen LogP contribution in [-0.4, -0.2) is 22.8 Å². The van der Waals surface area contributed by atoms with Gasteiger partial charge in [-0.3, -0.25) is 9.59 Å². The van der Waals surface area contributed by atoms with Crippen LogP contribution in [0.3, 0.4) is 0 Å². The van der Waals surface area contributed by atoms with Gasteiger partial charge >= 0.3 is 0 Å². The summed E-state index contributed by atoms with van der Waals surface area (Å²) >= 11 is 0. The van der Waals surface area contributed by atoms with Gasteiger partial charge in [-0.05, 0) is 67.9 Å². The van der Waals surface area contributed by atoms with E-state index < -0.39 is 6.10 Å². The molecule has 0 saturated heterocycles. The summed E-state index contributed by atoms with van der Waals surface area (Å²) in [4.78, 5) is 24.2. The Morgan fingerprint density at radius 1 is 1.32 bits per heavy atom. The summed E-state index contributed by atoms with van der Waals surface area (Å²) in [5.74, 6) is 1.91. The van der Waals surface area contributed by atoms with Crippen LogP contribution in [0.2, 0.25) is 0 Å². The summed E-state index contributed by atoms with van der Waals surface area (Å²) in [6, 6.07) is 0. The lowest BCUT2D eigenvalue weighted by atomic mass is 9.46. The molecule has 0 bridgehead atoms. The minimum absolute atomic E-state index is 0.0707. The van der Waals surface area contributed by atoms with Gasteiger partial charge in [0.05, 0.1) is 6.10 Å². The van der Waals surface area contributed by atoms with Crippen molar-refractivity contribution in [1.29, 1.82) is 0 Å². The molecule has 3 nitrogen and oxygen atoms in total. The molecule has 0 aromatic carbocycles. The molecule has 0 amide bonds. The number of allylic oxidation sites excluding steroid dienone is 4. The van der Waals surface area contributed by atoms with Crippen molar-refractivity contribution in [3.05, 3.63) is 23.8 Å². The molecule has 25 heavy (non-hydrogen) atoms. The van der Waals surface area contributed by atoms with E-state index >= 15 is 0 Å². The predicted molar refractivity (Wildman–Crippen MR) is 96.7 cm³/mol. The second-order valence-electron chi connectivity index (χ2n) is 9.60. The van der Waals surface area contributed by atoms with E-state index in [9.17, 15) is 14.7 Å². The summed E-state index contributed by atoms with van der Waals surface area (Å²) in [5, 5.41) is 11.2. The first-order valence-electron chi connectivity index (χ1n) is 9.81. The highest BCUT2D eigenvalue weighted by Crippen LogP contribution is 2.67. The van der Waals surface area contributed by atoms with Crippen molar-refractivity contribution in [2.24, 2.45) is 40.4 Å². The molecule has 3 fully saturated rings. The van der Waals surface area contributed by atoms with Crippen LogP contribution >= 0.6 is 0 Å². The molecule has 4 aliphatic carbocycles. The average Bonchev–Trinajstić information content (AvgIpc) is 2.77. The molecule has 4 rings (SSSR count). The first-order valence-corrected chi connectivity index (χ1v) is 9.81. The standard InChI is InChI=1S/C22H30O3/c1-12-9-17-16-6-5-14-10-15(24)7-8-21(14,3)20(16)18(25)11-22(17,4)19(12)13(2)23/h7-8,10,12,16-20,25H,5-6,9,11H2,1-4H3/t12?,16-,17-,18?,19+,20+,21-,22-/m0/s1. The summed E-state index contributed by atoms with van der Waals surface area (Å²) in [6.07, 6.45) is 8.88. The van der Waals surface area contributed by atoms with E-state index in [1.54, 1.807) is 19.1 Å². The molecule has 2 unspecified atom stereocenters. The molecular weight excluding hydrogens is 312 g/mol. The van der Waals surface area contributed by atoms with Gasteiger partial charge in [0.2, 0.25) is 0 Å². The van der Waals surface area contributed by atoms with Crippen LogP contribution in [0.5, 0.6) is 0 Å². The van der Waals surface area contributed by atoms with Gasteiger partial charge in [-0.2, -0.15) is 0 Å². The average molecular weight is 342 g/mol. The summed E-state index contributed by atoms with van der Waals surface area (Å²) in [7, 11) is 0. The Morgan fingerprint density at radius 2 is 2.04 bits per heavy atom. The third-order valence-electron chi connectivity index (χ3n) is 8.27. The van der Waals surface area contributed by atoms with Gasteiger partial charge in [-0.15, -0.1) is 0 Å². The van der Waals surface area contributed by atoms with E-state index in [1.807, 2.05) is 6.08 Å². The number of fused-ring (bicyclic) bond motifs is 5. The van der Waals surface area contributed by atoms with Crippen LogP contribution in [0.4, 0.5) is 0 Å². The van der Waals surface area contributed by atoms with Crippen molar-refractivity contribution in [3.8, 4) is 0 Å². The van der Waals surface area contributed by atoms with Crippen molar-refractivity contribution in [1.82, 2.24) is 0 Å². The highest BCUT2D eigenvalue weighted by molar-refractivity contribution is 6.01. The summed E-state index contributed by atoms with van der Waals surface area (Å²) in [5.41, 5.74) is 0.894. The van der Waals surface area contributed by atoms with E-state index in [-0.39, 0.29) is 34.2 Å². The van der Waals surface area contributed by atoms with Crippen LogP contribution in [-0.2, 0) is 9.59 Å². The lowest BCUT2D eigenvalue weighted by Gasteiger charge is -2.58. The van der Waals surface area contributed by atoms with Gasteiger partial charge in [0, 0.05) is 17.3 Å². The molecule has 3 heteroatoms. The number of ketones is 2. The quantitative estimate of drug-likeness (QED) is 0.790. The first-order chi connectivity index (χ1) is 11.7. The zero-order valence-corrected chi connectivity index (χ0v) is 15.8. The molecule has 8 atom stereocenters. The van der Waals surface area contributed by atoms with Gasteiger partial charge < -0.3 is 5.11 Å². The normalized spacial score (nSPS) is 51.4. The number of aliphatic hydroxyl groups excluding tert-OH is 1. The molecule has 0 aromatic heterocycles. The fourth-order valence-electron chi connectivity index (χ4n) is 7.56. The highest BCUT2D eigenvalue weighted by atomic mass is 16.3. The van der Waals surface area contributed by atoms with Crippen molar-refractivity contribution in [3.63, 3.8) is 0 Å². The molecular formula is C22H30O3. The number of rotatable bonds is 1. The zero-order chi connectivity index (χ0) is 18.1. The Hall–Kier alpha value is -1.22. The number of aliphatic hydroxyl groups is 1. The predicted octanol–water partition coefficient (Wildman–Crippen LogP) is 3.72. The third-order valence-corrected chi connectivity index (χ3v) is 8.27.